The zero-order valence-electron chi connectivity index (χ0n) is 76.8. The third-order valence-corrected chi connectivity index (χ3v) is 25.2. The Morgan fingerprint density at radius 2 is 0.440 bits per heavy atom. The Labute approximate surface area is 715 Å². The summed E-state index contributed by atoms with van der Waals surface area (Å²) >= 11 is 0. The molecule has 17 nitrogen and oxygen atoms in total. The van der Waals surface area contributed by atoms with Gasteiger partial charge in [-0.2, -0.15) is 0 Å². The van der Waals surface area contributed by atoms with E-state index in [0.717, 1.165) is 102 Å². The second-order valence-corrected chi connectivity index (χ2v) is 38.4. The van der Waals surface area contributed by atoms with Gasteiger partial charge in [-0.1, -0.05) is 478 Å². The number of esters is 4. The minimum Gasteiger partial charge on any atom is -0.462 e. The van der Waals surface area contributed by atoms with Crippen LogP contribution >= 0.6 is 15.6 Å². The molecule has 0 heterocycles. The lowest BCUT2D eigenvalue weighted by molar-refractivity contribution is -0.161. The molecule has 0 aliphatic carbocycles. The highest BCUT2D eigenvalue weighted by Crippen LogP contribution is 2.45. The fourth-order valence-electron chi connectivity index (χ4n) is 15.3. The number of carbonyl (C=O) groups is 4. The molecular weight excluding hydrogens is 1500 g/mol. The van der Waals surface area contributed by atoms with E-state index in [1.54, 1.807) is 0 Å². The average Bonchev–Trinajstić information content (AvgIpc) is 0.896. The first-order chi connectivity index (χ1) is 56.4. The second-order valence-electron chi connectivity index (χ2n) is 35.5. The van der Waals surface area contributed by atoms with Crippen LogP contribution in [0.15, 0.2) is 0 Å². The summed E-state index contributed by atoms with van der Waals surface area (Å²) in [4.78, 5) is 73.6. The van der Waals surface area contributed by atoms with Crippen LogP contribution in [-0.4, -0.2) is 96.7 Å². The number of unbranched alkanes of at least 4 members (excludes halogenated alkanes) is 65. The van der Waals surface area contributed by atoms with Gasteiger partial charge in [0.25, 0.3) is 0 Å². The van der Waals surface area contributed by atoms with Crippen molar-refractivity contribution in [3.63, 3.8) is 0 Å². The molecule has 0 radical (unpaired) electrons. The van der Waals surface area contributed by atoms with E-state index in [4.69, 9.17) is 37.0 Å². The third kappa shape index (κ3) is 88.4. The fraction of sp³-hybridized carbons (Fsp3) is 0.959. The van der Waals surface area contributed by atoms with Gasteiger partial charge in [-0.05, 0) is 37.5 Å². The molecule has 116 heavy (non-hydrogen) atoms. The maximum Gasteiger partial charge on any atom is 0.472 e. The van der Waals surface area contributed by atoms with E-state index in [1.807, 2.05) is 0 Å². The first kappa shape index (κ1) is 114. The monoisotopic (exact) mass is 1690 g/mol. The van der Waals surface area contributed by atoms with Crippen molar-refractivity contribution in [3.8, 4) is 0 Å². The van der Waals surface area contributed by atoms with Gasteiger partial charge in [0, 0.05) is 25.7 Å². The van der Waals surface area contributed by atoms with Gasteiger partial charge in [-0.3, -0.25) is 37.3 Å². The molecule has 0 aromatic heterocycles. The molecule has 0 fully saturated rings. The summed E-state index contributed by atoms with van der Waals surface area (Å²) in [7, 11) is -9.94. The van der Waals surface area contributed by atoms with Gasteiger partial charge in [-0.25, -0.2) is 9.13 Å². The highest BCUT2D eigenvalue weighted by Gasteiger charge is 2.31. The lowest BCUT2D eigenvalue weighted by atomic mass is 9.99. The van der Waals surface area contributed by atoms with Gasteiger partial charge in [-0.15, -0.1) is 0 Å². The molecule has 3 N–H and O–H groups in total. The summed E-state index contributed by atoms with van der Waals surface area (Å²) in [5.41, 5.74) is 0. The maximum atomic E-state index is 13.2. The molecule has 0 rings (SSSR count). The lowest BCUT2D eigenvalue weighted by Crippen LogP contribution is -2.30. The number of phosphoric ester groups is 2. The molecule has 6 atom stereocenters. The predicted molar refractivity (Wildman–Crippen MR) is 483 cm³/mol. The van der Waals surface area contributed by atoms with Crippen LogP contribution in [-0.2, 0) is 65.4 Å². The van der Waals surface area contributed by atoms with Crippen LogP contribution in [0.3, 0.4) is 0 Å². The van der Waals surface area contributed by atoms with E-state index in [9.17, 15) is 43.2 Å². The molecule has 0 aromatic rings. The van der Waals surface area contributed by atoms with Gasteiger partial charge in [0.2, 0.25) is 0 Å². The molecule has 0 bridgehead atoms. The Kier molecular flexibility index (Phi) is 86.5. The molecule has 0 spiro atoms. The number of carbonyl (C=O) groups excluding carboxylic acids is 4. The Morgan fingerprint density at radius 1 is 0.250 bits per heavy atom. The van der Waals surface area contributed by atoms with Gasteiger partial charge < -0.3 is 33.8 Å². The van der Waals surface area contributed by atoms with Crippen LogP contribution in [0.5, 0.6) is 0 Å². The largest absolute Gasteiger partial charge is 0.472 e. The van der Waals surface area contributed by atoms with Crippen molar-refractivity contribution in [1.82, 2.24) is 0 Å². The zero-order chi connectivity index (χ0) is 84.8. The number of phosphoric acid groups is 2. The van der Waals surface area contributed by atoms with Gasteiger partial charge in [0.05, 0.1) is 26.4 Å². The van der Waals surface area contributed by atoms with E-state index in [0.29, 0.717) is 25.7 Å². The number of rotatable bonds is 96. The molecule has 19 heteroatoms. The van der Waals surface area contributed by atoms with E-state index >= 15 is 0 Å². The van der Waals surface area contributed by atoms with E-state index in [2.05, 4.69) is 41.5 Å². The van der Waals surface area contributed by atoms with Gasteiger partial charge in [0.1, 0.15) is 19.3 Å². The topological polar surface area (TPSA) is 237 Å². The van der Waals surface area contributed by atoms with E-state index in [-0.39, 0.29) is 25.7 Å². The van der Waals surface area contributed by atoms with Crippen molar-refractivity contribution in [1.29, 1.82) is 0 Å². The van der Waals surface area contributed by atoms with Crippen LogP contribution in [0.25, 0.3) is 0 Å². The van der Waals surface area contributed by atoms with Crippen LogP contribution in [0.1, 0.15) is 530 Å². The van der Waals surface area contributed by atoms with Crippen molar-refractivity contribution in [2.45, 2.75) is 548 Å². The molecule has 3 unspecified atom stereocenters. The molecular formula is C97H190O17P2. The quantitative estimate of drug-likeness (QED) is 0.0222. The summed E-state index contributed by atoms with van der Waals surface area (Å²) < 4.78 is 69.3. The molecule has 0 amide bonds. The molecule has 0 saturated carbocycles. The van der Waals surface area contributed by atoms with Crippen molar-refractivity contribution >= 4 is 39.5 Å². The fourth-order valence-corrected chi connectivity index (χ4v) is 16.9. The highest BCUT2D eigenvalue weighted by atomic mass is 31.2. The van der Waals surface area contributed by atoms with Crippen molar-refractivity contribution < 1.29 is 80.2 Å². The van der Waals surface area contributed by atoms with Gasteiger partial charge in [0.15, 0.2) is 12.2 Å². The van der Waals surface area contributed by atoms with E-state index in [1.165, 1.54) is 347 Å². The standard InChI is InChI=1S/C97H190O17P2/c1-7-10-12-14-16-18-20-22-24-26-28-30-32-37-41-45-49-55-61-67-73-79-94(99)107-85-92(113-96(101)81-76-70-64-57-51-47-43-39-35-34-36-40-44-48-54-60-66-72-78-90(6)9-3)87-111-115(103,104)109-83-91(98)84-110-116(105,106)112-88-93(86-108-95(100)80-74-68-62-58-52-53-59-65-71-77-89(4)5)114-97(102)82-75-69-63-56-50-46-42-38-33-31-29-27-25-23-21-19-17-15-13-11-8-2/h89-93,98H,7-88H2,1-6H3,(H,103,104)(H,105,106)/t90?,91-,92-,93-/m1/s1. The number of hydrogen-bond donors (Lipinski definition) is 3. The minimum atomic E-state index is -4.97. The Morgan fingerprint density at radius 3 is 0.655 bits per heavy atom. The summed E-state index contributed by atoms with van der Waals surface area (Å²) in [6, 6.07) is 0. The van der Waals surface area contributed by atoms with Crippen molar-refractivity contribution in [2.75, 3.05) is 39.6 Å². The summed E-state index contributed by atoms with van der Waals surface area (Å²) in [6.07, 6.45) is 85.0. The van der Waals surface area contributed by atoms with Crippen LogP contribution in [0, 0.1) is 11.8 Å². The lowest BCUT2D eigenvalue weighted by Gasteiger charge is -2.21. The molecule has 0 aliphatic rings. The minimum absolute atomic E-state index is 0.109. The molecule has 0 aromatic carbocycles. The Balaban J connectivity index is 5.23. The first-order valence-corrected chi connectivity index (χ1v) is 53.0. The Bertz CT molecular complexity index is 2210. The summed E-state index contributed by atoms with van der Waals surface area (Å²) in [5.74, 6) is -0.476. The predicted octanol–water partition coefficient (Wildman–Crippen LogP) is 30.5. The SMILES string of the molecule is CCCCCCCCCCCCCCCCCCCCCCCC(=O)OC[C@H](COP(=O)(O)OC[C@@H](O)COP(=O)(O)OC[C@@H](COC(=O)CCCCCCCCCCCC(C)C)OC(=O)CCCCCCCCCCCCCCCCCCCCCCC)OC(=O)CCCCCCCCCCCCCCCCCCCCC(C)CC. The maximum absolute atomic E-state index is 13.2. The number of aliphatic hydroxyl groups is 1. The summed E-state index contributed by atoms with van der Waals surface area (Å²) in [6.45, 7) is 9.79. The number of ether oxygens (including phenoxy) is 4. The second kappa shape index (κ2) is 87.9. The van der Waals surface area contributed by atoms with Crippen molar-refractivity contribution in [3.05, 3.63) is 0 Å². The normalized spacial score (nSPS) is 13.9. The first-order valence-electron chi connectivity index (χ1n) is 50.0. The van der Waals surface area contributed by atoms with Crippen molar-refractivity contribution in [2.24, 2.45) is 11.8 Å². The average molecular weight is 1690 g/mol. The smallest absolute Gasteiger partial charge is 0.462 e. The summed E-state index contributed by atoms with van der Waals surface area (Å²) in [5, 5.41) is 10.7. The third-order valence-electron chi connectivity index (χ3n) is 23.3. The molecule has 0 saturated heterocycles. The van der Waals surface area contributed by atoms with Crippen LogP contribution in [0.4, 0.5) is 0 Å². The van der Waals surface area contributed by atoms with Gasteiger partial charge >= 0.3 is 39.5 Å². The number of hydrogen-bond acceptors (Lipinski definition) is 15. The number of aliphatic hydroxyl groups excluding tert-OH is 1. The van der Waals surface area contributed by atoms with Crippen LogP contribution < -0.4 is 0 Å². The van der Waals surface area contributed by atoms with E-state index < -0.39 is 97.5 Å². The van der Waals surface area contributed by atoms with Crippen LogP contribution in [0.2, 0.25) is 0 Å². The zero-order valence-corrected chi connectivity index (χ0v) is 78.6. The Hall–Kier alpha value is -1.94. The molecule has 0 aliphatic heterocycles. The highest BCUT2D eigenvalue weighted by molar-refractivity contribution is 7.47. The molecule has 690 valence electrons.